The number of aromatic nitrogens is 1. The molecular weight excluding hydrogens is 338 g/mol. The lowest BCUT2D eigenvalue weighted by Crippen LogP contribution is -2.56. The molecule has 0 radical (unpaired) electrons. The van der Waals surface area contributed by atoms with Gasteiger partial charge in [-0.1, -0.05) is 6.07 Å². The largest absolute Gasteiger partial charge is 0.389 e. The van der Waals surface area contributed by atoms with Gasteiger partial charge < -0.3 is 20.2 Å². The predicted molar refractivity (Wildman–Crippen MR) is 99.0 cm³/mol. The molecule has 7 heteroatoms. The van der Waals surface area contributed by atoms with Crippen molar-refractivity contribution < 1.29 is 15.3 Å². The minimum Gasteiger partial charge on any atom is -0.389 e. The van der Waals surface area contributed by atoms with Crippen LogP contribution in [0.5, 0.6) is 0 Å². The number of rotatable bonds is 3. The van der Waals surface area contributed by atoms with Crippen LogP contribution in [-0.2, 0) is 0 Å². The van der Waals surface area contributed by atoms with E-state index in [2.05, 4.69) is 33.0 Å². The van der Waals surface area contributed by atoms with Crippen LogP contribution >= 0.6 is 11.3 Å². The molecule has 0 aliphatic carbocycles. The van der Waals surface area contributed by atoms with Crippen molar-refractivity contribution in [2.75, 3.05) is 37.6 Å². The van der Waals surface area contributed by atoms with Crippen molar-refractivity contribution in [3.63, 3.8) is 0 Å². The van der Waals surface area contributed by atoms with Gasteiger partial charge in [-0.2, -0.15) is 0 Å². The Morgan fingerprint density at radius 2 is 1.92 bits per heavy atom. The Balaban J connectivity index is 1.44. The highest BCUT2D eigenvalue weighted by Crippen LogP contribution is 2.31. The van der Waals surface area contributed by atoms with E-state index in [4.69, 9.17) is 0 Å². The smallest absolute Gasteiger partial charge is 0.108 e. The number of fused-ring (bicyclic) bond motifs is 1. The first-order valence-corrected chi connectivity index (χ1v) is 9.83. The second-order valence-electron chi connectivity index (χ2n) is 7.27. The summed E-state index contributed by atoms with van der Waals surface area (Å²) in [6.45, 7) is 3.69. The van der Waals surface area contributed by atoms with Crippen LogP contribution in [0.2, 0.25) is 0 Å². The van der Waals surface area contributed by atoms with Crippen molar-refractivity contribution in [1.82, 2.24) is 9.88 Å². The maximum atomic E-state index is 9.90. The van der Waals surface area contributed by atoms with E-state index >= 15 is 0 Å². The first-order chi connectivity index (χ1) is 12.1. The van der Waals surface area contributed by atoms with Crippen LogP contribution in [-0.4, -0.2) is 76.2 Å². The molecule has 6 nitrogen and oxygen atoms in total. The third kappa shape index (κ3) is 3.52. The average molecular weight is 363 g/mol. The SMILES string of the molecule is OC1[C@H](O)CN(C[C@H]2CCCN(c3cccc4scnc34)C2)C[C@@H]1O. The molecule has 1 aromatic heterocycles. The van der Waals surface area contributed by atoms with Gasteiger partial charge in [-0.3, -0.25) is 4.90 Å². The average Bonchev–Trinajstić information content (AvgIpc) is 3.08. The van der Waals surface area contributed by atoms with Crippen molar-refractivity contribution >= 4 is 27.2 Å². The summed E-state index contributed by atoms with van der Waals surface area (Å²) in [6.07, 6.45) is -0.484. The van der Waals surface area contributed by atoms with E-state index in [1.807, 2.05) is 5.51 Å². The van der Waals surface area contributed by atoms with E-state index in [0.29, 0.717) is 19.0 Å². The Labute approximate surface area is 151 Å². The molecular formula is C18H25N3O3S. The van der Waals surface area contributed by atoms with Gasteiger partial charge in [0.15, 0.2) is 0 Å². The first kappa shape index (κ1) is 17.2. The Hall–Kier alpha value is -1.25. The zero-order valence-electron chi connectivity index (χ0n) is 14.2. The van der Waals surface area contributed by atoms with Crippen LogP contribution in [0.1, 0.15) is 12.8 Å². The molecule has 0 saturated carbocycles. The van der Waals surface area contributed by atoms with Crippen molar-refractivity contribution in [3.8, 4) is 0 Å². The van der Waals surface area contributed by atoms with E-state index in [1.54, 1.807) is 11.3 Å². The number of hydrogen-bond donors (Lipinski definition) is 3. The summed E-state index contributed by atoms with van der Waals surface area (Å²) in [5.41, 5.74) is 4.19. The Morgan fingerprint density at radius 3 is 2.72 bits per heavy atom. The molecule has 2 saturated heterocycles. The molecule has 2 fully saturated rings. The number of aliphatic hydroxyl groups excluding tert-OH is 3. The van der Waals surface area contributed by atoms with Crippen LogP contribution in [0.15, 0.2) is 23.7 Å². The third-order valence-corrected chi connectivity index (χ3v) is 6.19. The van der Waals surface area contributed by atoms with Crippen molar-refractivity contribution in [3.05, 3.63) is 23.7 Å². The molecule has 2 aromatic rings. The topological polar surface area (TPSA) is 80.1 Å². The third-order valence-electron chi connectivity index (χ3n) is 5.39. The second kappa shape index (κ2) is 7.17. The molecule has 25 heavy (non-hydrogen) atoms. The Kier molecular flexibility index (Phi) is 4.92. The monoisotopic (exact) mass is 363 g/mol. The number of thiazole rings is 1. The lowest BCUT2D eigenvalue weighted by molar-refractivity contribution is -0.112. The summed E-state index contributed by atoms with van der Waals surface area (Å²) >= 11 is 1.67. The van der Waals surface area contributed by atoms with Gasteiger partial charge >= 0.3 is 0 Å². The number of para-hydroxylation sites is 1. The van der Waals surface area contributed by atoms with Crippen LogP contribution in [0, 0.1) is 5.92 Å². The molecule has 2 aliphatic heterocycles. The lowest BCUT2D eigenvalue weighted by atomic mass is 9.94. The van der Waals surface area contributed by atoms with Crippen LogP contribution in [0.3, 0.4) is 0 Å². The normalized spacial score (nSPS) is 31.6. The summed E-state index contributed by atoms with van der Waals surface area (Å²) in [5, 5.41) is 29.5. The van der Waals surface area contributed by atoms with Crippen LogP contribution in [0.25, 0.3) is 10.2 Å². The van der Waals surface area contributed by atoms with Gasteiger partial charge in [0, 0.05) is 32.7 Å². The molecule has 0 amide bonds. The second-order valence-corrected chi connectivity index (χ2v) is 8.16. The highest BCUT2D eigenvalue weighted by molar-refractivity contribution is 7.16. The molecule has 3 heterocycles. The van der Waals surface area contributed by atoms with Crippen molar-refractivity contribution in [2.45, 2.75) is 31.2 Å². The Morgan fingerprint density at radius 1 is 1.12 bits per heavy atom. The number of anilines is 1. The van der Waals surface area contributed by atoms with E-state index < -0.39 is 18.3 Å². The number of benzene rings is 1. The zero-order valence-corrected chi connectivity index (χ0v) is 15.0. The zero-order chi connectivity index (χ0) is 17.4. The maximum absolute atomic E-state index is 9.90. The number of β-amino-alcohol motifs (C(OH)–C–C–N with tert-alkyl or cyclic N) is 2. The molecule has 0 bridgehead atoms. The fourth-order valence-electron chi connectivity index (χ4n) is 4.15. The van der Waals surface area contributed by atoms with Crippen molar-refractivity contribution in [1.29, 1.82) is 0 Å². The van der Waals surface area contributed by atoms with Crippen LogP contribution < -0.4 is 4.90 Å². The highest BCUT2D eigenvalue weighted by atomic mass is 32.1. The first-order valence-electron chi connectivity index (χ1n) is 8.95. The molecule has 1 aromatic carbocycles. The van der Waals surface area contributed by atoms with Crippen LogP contribution in [0.4, 0.5) is 5.69 Å². The molecule has 4 atom stereocenters. The molecule has 2 aliphatic rings. The highest BCUT2D eigenvalue weighted by Gasteiger charge is 2.34. The molecule has 3 N–H and O–H groups in total. The number of hydrogen-bond acceptors (Lipinski definition) is 7. The maximum Gasteiger partial charge on any atom is 0.108 e. The summed E-state index contributed by atoms with van der Waals surface area (Å²) in [7, 11) is 0. The predicted octanol–water partition coefficient (Wildman–Crippen LogP) is 0.911. The summed E-state index contributed by atoms with van der Waals surface area (Å²) in [6, 6.07) is 6.35. The quantitative estimate of drug-likeness (QED) is 0.752. The number of nitrogens with zero attached hydrogens (tertiary/aromatic N) is 3. The van der Waals surface area contributed by atoms with Gasteiger partial charge in [0.1, 0.15) is 11.6 Å². The summed E-state index contributed by atoms with van der Waals surface area (Å²) in [5.74, 6) is 0.484. The lowest BCUT2D eigenvalue weighted by Gasteiger charge is -2.41. The van der Waals surface area contributed by atoms with Gasteiger partial charge in [0.25, 0.3) is 0 Å². The minimum absolute atomic E-state index is 0.427. The van der Waals surface area contributed by atoms with Gasteiger partial charge in [-0.25, -0.2) is 4.98 Å². The van der Waals surface area contributed by atoms with E-state index in [-0.39, 0.29) is 0 Å². The molecule has 136 valence electrons. The fourth-order valence-corrected chi connectivity index (χ4v) is 4.85. The summed E-state index contributed by atoms with van der Waals surface area (Å²) < 4.78 is 1.22. The molecule has 4 rings (SSSR count). The van der Waals surface area contributed by atoms with Gasteiger partial charge in [0.05, 0.1) is 28.1 Å². The molecule has 1 unspecified atom stereocenters. The number of aliphatic hydroxyl groups is 3. The number of likely N-dealkylation sites (tertiary alicyclic amines) is 1. The standard InChI is InChI=1S/C18H25N3O3S/c22-14-9-20(10-15(23)18(14)24)7-12-3-2-6-21(8-12)13-4-1-5-16-17(13)19-11-25-16/h1,4-5,11-12,14-15,18,22-24H,2-3,6-10H2/t12-,14-,15+,18?/m1/s1. The van der Waals surface area contributed by atoms with E-state index in [0.717, 1.165) is 38.0 Å². The van der Waals surface area contributed by atoms with Crippen molar-refractivity contribution in [2.24, 2.45) is 5.92 Å². The fraction of sp³-hybridized carbons (Fsp3) is 0.611. The Bertz CT molecular complexity index is 712. The van der Waals surface area contributed by atoms with E-state index in [1.165, 1.54) is 10.4 Å². The van der Waals surface area contributed by atoms with Gasteiger partial charge in [-0.15, -0.1) is 11.3 Å². The number of piperidine rings is 2. The van der Waals surface area contributed by atoms with Gasteiger partial charge in [-0.05, 0) is 30.9 Å². The molecule has 0 spiro atoms. The van der Waals surface area contributed by atoms with Gasteiger partial charge in [0.2, 0.25) is 0 Å². The minimum atomic E-state index is -1.03. The van der Waals surface area contributed by atoms with E-state index in [9.17, 15) is 15.3 Å². The summed E-state index contributed by atoms with van der Waals surface area (Å²) in [4.78, 5) is 9.04.